The lowest BCUT2D eigenvalue weighted by Gasteiger charge is -2.23. The summed E-state index contributed by atoms with van der Waals surface area (Å²) in [5, 5.41) is 0. The van der Waals surface area contributed by atoms with Crippen LogP contribution in [0.3, 0.4) is 0 Å². The molecule has 4 rings (SSSR count). The van der Waals surface area contributed by atoms with Gasteiger partial charge in [0.1, 0.15) is 11.5 Å². The summed E-state index contributed by atoms with van der Waals surface area (Å²) in [6.07, 6.45) is 3.24. The number of esters is 1. The first-order valence-corrected chi connectivity index (χ1v) is 8.86. The van der Waals surface area contributed by atoms with Crippen LogP contribution in [-0.4, -0.2) is 36.2 Å². The zero-order valence-electron chi connectivity index (χ0n) is 13.4. The lowest BCUT2D eigenvalue weighted by atomic mass is 9.77. The standard InChI is InChI=1S/C18H18BrNO4/c1-10(2)23-17(22)14-13-7-8-18(24-13)9-20(16(21)15(14)18)12-6-4-3-5-11(12)19/h3-8,10,13-15H,9H2,1-2H3/t13-,14+,15-,18+/m0/s1. The van der Waals surface area contributed by atoms with Gasteiger partial charge < -0.3 is 14.4 Å². The molecule has 0 aromatic heterocycles. The van der Waals surface area contributed by atoms with Crippen LogP contribution in [0.15, 0.2) is 40.9 Å². The van der Waals surface area contributed by atoms with E-state index in [4.69, 9.17) is 9.47 Å². The van der Waals surface area contributed by atoms with Gasteiger partial charge in [0.2, 0.25) is 5.91 Å². The number of nitrogens with zero attached hydrogens (tertiary/aromatic N) is 1. The number of rotatable bonds is 3. The van der Waals surface area contributed by atoms with Crippen molar-refractivity contribution in [3.05, 3.63) is 40.9 Å². The maximum Gasteiger partial charge on any atom is 0.313 e. The van der Waals surface area contributed by atoms with Crippen molar-refractivity contribution < 1.29 is 19.1 Å². The summed E-state index contributed by atoms with van der Waals surface area (Å²) in [4.78, 5) is 27.3. The van der Waals surface area contributed by atoms with E-state index < -0.39 is 17.4 Å². The predicted octanol–water partition coefficient (Wildman–Crippen LogP) is 2.69. The summed E-state index contributed by atoms with van der Waals surface area (Å²) < 4.78 is 12.3. The number of carbonyl (C=O) groups excluding carboxylic acids is 2. The molecule has 0 aliphatic carbocycles. The van der Waals surface area contributed by atoms with Crippen LogP contribution in [0.4, 0.5) is 5.69 Å². The Labute approximate surface area is 148 Å². The maximum atomic E-state index is 13.1. The zero-order chi connectivity index (χ0) is 17.1. The number of anilines is 1. The molecule has 3 aliphatic heterocycles. The number of hydrogen-bond donors (Lipinski definition) is 0. The SMILES string of the molecule is CC(C)OC(=O)[C@@H]1[C@@H]2C=C[C@]3(CN(c4ccccc4Br)C(=O)[C@H]13)O2. The van der Waals surface area contributed by atoms with E-state index in [-0.39, 0.29) is 24.1 Å². The van der Waals surface area contributed by atoms with Crippen LogP contribution in [0.25, 0.3) is 0 Å². The first-order chi connectivity index (χ1) is 11.4. The first kappa shape index (κ1) is 15.8. The number of amides is 1. The smallest absolute Gasteiger partial charge is 0.313 e. The molecule has 126 valence electrons. The first-order valence-electron chi connectivity index (χ1n) is 8.06. The zero-order valence-corrected chi connectivity index (χ0v) is 15.0. The van der Waals surface area contributed by atoms with Crippen molar-refractivity contribution in [1.82, 2.24) is 0 Å². The molecule has 1 amide bonds. The summed E-state index contributed by atoms with van der Waals surface area (Å²) >= 11 is 3.50. The Bertz CT molecular complexity index is 746. The van der Waals surface area contributed by atoms with Crippen LogP contribution in [0.5, 0.6) is 0 Å². The fourth-order valence-corrected chi connectivity index (χ4v) is 4.45. The van der Waals surface area contributed by atoms with Crippen molar-refractivity contribution in [3.8, 4) is 0 Å². The molecule has 0 saturated carbocycles. The summed E-state index contributed by atoms with van der Waals surface area (Å²) in [6.45, 7) is 4.03. The van der Waals surface area contributed by atoms with Gasteiger partial charge in [0.25, 0.3) is 0 Å². The summed E-state index contributed by atoms with van der Waals surface area (Å²) in [5.74, 6) is -1.53. The Balaban J connectivity index is 1.69. The highest BCUT2D eigenvalue weighted by atomic mass is 79.9. The number of fused-ring (bicyclic) bond motifs is 1. The normalized spacial score (nSPS) is 33.4. The molecule has 24 heavy (non-hydrogen) atoms. The Hall–Kier alpha value is -1.66. The molecule has 3 aliphatic rings. The Morgan fingerprint density at radius 3 is 2.88 bits per heavy atom. The van der Waals surface area contributed by atoms with Crippen LogP contribution in [0.2, 0.25) is 0 Å². The molecule has 4 atom stereocenters. The number of halogens is 1. The third-order valence-corrected chi connectivity index (χ3v) is 5.54. The Kier molecular flexibility index (Phi) is 3.58. The monoisotopic (exact) mass is 391 g/mol. The van der Waals surface area contributed by atoms with Crippen molar-refractivity contribution in [2.45, 2.75) is 31.7 Å². The second-order valence-electron chi connectivity index (χ2n) is 6.76. The van der Waals surface area contributed by atoms with E-state index in [1.807, 2.05) is 36.4 Å². The van der Waals surface area contributed by atoms with E-state index in [0.29, 0.717) is 6.54 Å². The van der Waals surface area contributed by atoms with Crippen molar-refractivity contribution >= 4 is 33.5 Å². The highest BCUT2D eigenvalue weighted by Gasteiger charge is 2.67. The molecule has 1 aromatic rings. The minimum atomic E-state index is -0.725. The largest absolute Gasteiger partial charge is 0.463 e. The molecule has 3 heterocycles. The quantitative estimate of drug-likeness (QED) is 0.587. The Morgan fingerprint density at radius 1 is 1.42 bits per heavy atom. The molecular weight excluding hydrogens is 374 g/mol. The fraction of sp³-hybridized carbons (Fsp3) is 0.444. The number of carbonyl (C=O) groups is 2. The number of ether oxygens (including phenoxy) is 2. The van der Waals surface area contributed by atoms with Crippen LogP contribution >= 0.6 is 15.9 Å². The molecule has 1 aromatic carbocycles. The summed E-state index contributed by atoms with van der Waals surface area (Å²) in [5.41, 5.74) is 0.0697. The minimum absolute atomic E-state index is 0.0838. The van der Waals surface area contributed by atoms with E-state index in [9.17, 15) is 9.59 Å². The lowest BCUT2D eigenvalue weighted by molar-refractivity contribution is -0.156. The molecule has 2 fully saturated rings. The summed E-state index contributed by atoms with van der Waals surface area (Å²) in [7, 11) is 0. The van der Waals surface area contributed by atoms with Gasteiger partial charge >= 0.3 is 5.97 Å². The van der Waals surface area contributed by atoms with Crippen molar-refractivity contribution in [2.75, 3.05) is 11.4 Å². The van der Waals surface area contributed by atoms with Gasteiger partial charge in [0.15, 0.2) is 0 Å². The molecule has 0 radical (unpaired) electrons. The lowest BCUT2D eigenvalue weighted by Crippen LogP contribution is -2.40. The van der Waals surface area contributed by atoms with Gasteiger partial charge in [0.05, 0.1) is 30.4 Å². The van der Waals surface area contributed by atoms with E-state index in [1.54, 1.807) is 18.7 Å². The van der Waals surface area contributed by atoms with Gasteiger partial charge in [0, 0.05) is 4.47 Å². The molecule has 0 N–H and O–H groups in total. The Morgan fingerprint density at radius 2 is 2.17 bits per heavy atom. The van der Waals surface area contributed by atoms with Crippen molar-refractivity contribution in [3.63, 3.8) is 0 Å². The van der Waals surface area contributed by atoms with Crippen LogP contribution < -0.4 is 4.90 Å². The van der Waals surface area contributed by atoms with Crippen LogP contribution in [0, 0.1) is 11.8 Å². The van der Waals surface area contributed by atoms with Gasteiger partial charge in [-0.15, -0.1) is 0 Å². The van der Waals surface area contributed by atoms with Crippen LogP contribution in [-0.2, 0) is 19.1 Å². The van der Waals surface area contributed by atoms with Crippen molar-refractivity contribution in [1.29, 1.82) is 0 Å². The molecule has 0 unspecified atom stereocenters. The van der Waals surface area contributed by atoms with Gasteiger partial charge in [-0.25, -0.2) is 0 Å². The second kappa shape index (κ2) is 5.43. The molecule has 5 nitrogen and oxygen atoms in total. The molecule has 2 bridgehead atoms. The van der Waals surface area contributed by atoms with Crippen molar-refractivity contribution in [2.24, 2.45) is 11.8 Å². The third kappa shape index (κ3) is 2.16. The van der Waals surface area contributed by atoms with Crippen LogP contribution in [0.1, 0.15) is 13.8 Å². The predicted molar refractivity (Wildman–Crippen MR) is 91.4 cm³/mol. The highest BCUT2D eigenvalue weighted by molar-refractivity contribution is 9.10. The number of para-hydroxylation sites is 1. The molecule has 1 spiro atoms. The van der Waals surface area contributed by atoms with E-state index >= 15 is 0 Å². The number of hydrogen-bond acceptors (Lipinski definition) is 4. The molecular formula is C18H18BrNO4. The topological polar surface area (TPSA) is 55.8 Å². The highest BCUT2D eigenvalue weighted by Crippen LogP contribution is 2.53. The average Bonchev–Trinajstić information content (AvgIpc) is 3.15. The molecule has 6 heteroatoms. The van der Waals surface area contributed by atoms with E-state index in [0.717, 1.165) is 10.2 Å². The van der Waals surface area contributed by atoms with Gasteiger partial charge in [-0.3, -0.25) is 9.59 Å². The summed E-state index contributed by atoms with van der Waals surface area (Å²) in [6, 6.07) is 7.57. The fourth-order valence-electron chi connectivity index (χ4n) is 3.95. The minimum Gasteiger partial charge on any atom is -0.463 e. The van der Waals surface area contributed by atoms with Gasteiger partial charge in [-0.05, 0) is 41.9 Å². The van der Waals surface area contributed by atoms with E-state index in [2.05, 4.69) is 15.9 Å². The average molecular weight is 392 g/mol. The van der Waals surface area contributed by atoms with E-state index in [1.165, 1.54) is 0 Å². The third-order valence-electron chi connectivity index (χ3n) is 4.87. The van der Waals surface area contributed by atoms with Gasteiger partial charge in [-0.2, -0.15) is 0 Å². The second-order valence-corrected chi connectivity index (χ2v) is 7.62. The maximum absolute atomic E-state index is 13.1. The molecule has 2 saturated heterocycles. The number of benzene rings is 1. The van der Waals surface area contributed by atoms with Gasteiger partial charge in [-0.1, -0.05) is 24.3 Å².